The second kappa shape index (κ2) is 8.56. The lowest BCUT2D eigenvalue weighted by molar-refractivity contribution is -0.389. The Bertz CT molecular complexity index is 1030. The van der Waals surface area contributed by atoms with Gasteiger partial charge in [-0.05, 0) is 11.6 Å². The van der Waals surface area contributed by atoms with E-state index >= 15 is 0 Å². The van der Waals surface area contributed by atoms with Crippen molar-refractivity contribution in [2.24, 2.45) is 0 Å². The van der Waals surface area contributed by atoms with Gasteiger partial charge in [-0.25, -0.2) is 9.59 Å². The number of benzene rings is 2. The summed E-state index contributed by atoms with van der Waals surface area (Å²) in [6.07, 6.45) is -1.24. The molecule has 1 atom stereocenters. The van der Waals surface area contributed by atoms with Crippen LogP contribution in [0.15, 0.2) is 36.4 Å². The molecule has 0 N–H and O–H groups in total. The molecule has 1 saturated heterocycles. The number of hydrogen-bond donors (Lipinski definition) is 0. The molecule has 1 fully saturated rings. The van der Waals surface area contributed by atoms with Crippen molar-refractivity contribution in [1.29, 1.82) is 0 Å². The second-order valence-electron chi connectivity index (χ2n) is 6.90. The molecule has 2 heterocycles. The Morgan fingerprint density at radius 2 is 2.10 bits per heavy atom. The molecule has 0 saturated carbocycles. The number of rotatable bonds is 6. The number of nitrogens with zero attached hydrogens (tertiary/aromatic N) is 2. The molecule has 1 amide bonds. The molecule has 0 aliphatic carbocycles. The van der Waals surface area contributed by atoms with Gasteiger partial charge in [0, 0.05) is 12.1 Å². The van der Waals surface area contributed by atoms with E-state index in [-0.39, 0.29) is 43.4 Å². The van der Waals surface area contributed by atoms with Gasteiger partial charge < -0.3 is 23.8 Å². The first-order valence-corrected chi connectivity index (χ1v) is 9.31. The van der Waals surface area contributed by atoms with Crippen LogP contribution in [0.3, 0.4) is 0 Å². The highest BCUT2D eigenvalue weighted by Crippen LogP contribution is 2.39. The maximum absolute atomic E-state index is 14.3. The van der Waals surface area contributed by atoms with Crippen molar-refractivity contribution in [3.8, 4) is 5.75 Å². The first kappa shape index (κ1) is 20.5. The number of ether oxygens (including phenoxy) is 4. The molecule has 0 radical (unpaired) electrons. The van der Waals surface area contributed by atoms with Crippen LogP contribution in [-0.2, 0) is 27.4 Å². The molecule has 2 aromatic carbocycles. The van der Waals surface area contributed by atoms with Crippen LogP contribution in [-0.4, -0.2) is 47.9 Å². The minimum atomic E-state index is -1.22. The van der Waals surface area contributed by atoms with E-state index in [0.29, 0.717) is 6.54 Å². The molecular weight excluding hydrogens is 415 g/mol. The molecule has 162 valence electrons. The predicted molar refractivity (Wildman–Crippen MR) is 101 cm³/mol. The van der Waals surface area contributed by atoms with E-state index in [2.05, 4.69) is 0 Å². The molecule has 0 bridgehead atoms. The van der Waals surface area contributed by atoms with E-state index in [0.717, 1.165) is 11.6 Å². The number of fused-ring (bicyclic) bond motifs is 1. The van der Waals surface area contributed by atoms with Crippen molar-refractivity contribution in [2.45, 2.75) is 19.3 Å². The Labute approximate surface area is 175 Å². The zero-order valence-electron chi connectivity index (χ0n) is 16.1. The summed E-state index contributed by atoms with van der Waals surface area (Å²) in [4.78, 5) is 36.3. The van der Waals surface area contributed by atoms with E-state index in [1.165, 1.54) is 4.90 Å². The van der Waals surface area contributed by atoms with Gasteiger partial charge in [0.05, 0.1) is 23.6 Å². The summed E-state index contributed by atoms with van der Waals surface area (Å²) in [5.74, 6) is -2.51. The molecule has 31 heavy (non-hydrogen) atoms. The molecule has 2 aromatic rings. The summed E-state index contributed by atoms with van der Waals surface area (Å²) in [7, 11) is 0. The summed E-state index contributed by atoms with van der Waals surface area (Å²) in [5, 5.41) is 11.1. The van der Waals surface area contributed by atoms with E-state index in [4.69, 9.17) is 18.9 Å². The zero-order chi connectivity index (χ0) is 22.0. The predicted octanol–water partition coefficient (Wildman–Crippen LogP) is 2.78. The number of esters is 1. The highest BCUT2D eigenvalue weighted by molar-refractivity contribution is 5.93. The number of nitro benzene ring substituents is 1. The topological polar surface area (TPSA) is 117 Å². The fourth-order valence-corrected chi connectivity index (χ4v) is 3.39. The number of carbonyl (C=O) groups excluding carboxylic acids is 2. The van der Waals surface area contributed by atoms with Gasteiger partial charge in [-0.3, -0.25) is 10.1 Å². The third kappa shape index (κ3) is 4.26. The van der Waals surface area contributed by atoms with Crippen LogP contribution >= 0.6 is 0 Å². The standard InChI is InChI=1S/C20H17FN2O8/c21-16-6-14(15-10-28-11-30-18(15)17(16)23(26)27)19(24)29-9-13-8-22(20(25)31-13)7-12-4-2-1-3-5-12/h1-6,13H,7-11H2/t13-/m0/s1. The van der Waals surface area contributed by atoms with Crippen LogP contribution in [0.2, 0.25) is 0 Å². The van der Waals surface area contributed by atoms with Crippen LogP contribution in [0.25, 0.3) is 0 Å². The smallest absolute Gasteiger partial charge is 0.410 e. The third-order valence-electron chi connectivity index (χ3n) is 4.81. The molecule has 2 aliphatic heterocycles. The van der Waals surface area contributed by atoms with E-state index < -0.39 is 34.6 Å². The Morgan fingerprint density at radius 3 is 2.84 bits per heavy atom. The lowest BCUT2D eigenvalue weighted by Crippen LogP contribution is -2.27. The van der Waals surface area contributed by atoms with Gasteiger partial charge in [-0.1, -0.05) is 30.3 Å². The van der Waals surface area contributed by atoms with E-state index in [1.807, 2.05) is 30.3 Å². The van der Waals surface area contributed by atoms with Crippen LogP contribution < -0.4 is 4.74 Å². The van der Waals surface area contributed by atoms with E-state index in [1.54, 1.807) is 0 Å². The van der Waals surface area contributed by atoms with E-state index in [9.17, 15) is 24.1 Å². The van der Waals surface area contributed by atoms with Crippen LogP contribution in [0.4, 0.5) is 14.9 Å². The van der Waals surface area contributed by atoms with Crippen LogP contribution in [0.5, 0.6) is 5.75 Å². The molecule has 0 unspecified atom stereocenters. The molecule has 4 rings (SSSR count). The Kier molecular flexibility index (Phi) is 5.67. The first-order valence-electron chi connectivity index (χ1n) is 9.31. The SMILES string of the molecule is O=C(OC[C@@H]1CN(Cc2ccccc2)C(=O)O1)c1cc(F)c([N+](=O)[O-])c2c1COCO2. The summed E-state index contributed by atoms with van der Waals surface area (Å²) < 4.78 is 34.8. The normalized spacial score (nSPS) is 17.5. The number of amides is 1. The van der Waals surface area contributed by atoms with Crippen molar-refractivity contribution >= 4 is 17.7 Å². The number of nitro groups is 1. The van der Waals surface area contributed by atoms with Crippen molar-refractivity contribution < 1.29 is 37.9 Å². The quantitative estimate of drug-likeness (QED) is 0.389. The summed E-state index contributed by atoms with van der Waals surface area (Å²) >= 11 is 0. The largest absolute Gasteiger partial charge is 0.460 e. The van der Waals surface area contributed by atoms with Gasteiger partial charge >= 0.3 is 17.7 Å². The summed E-state index contributed by atoms with van der Waals surface area (Å²) in [6, 6.07) is 10.0. The van der Waals surface area contributed by atoms with Crippen LogP contribution in [0.1, 0.15) is 21.5 Å². The number of cyclic esters (lactones) is 1. The number of hydrogen-bond acceptors (Lipinski definition) is 8. The van der Waals surface area contributed by atoms with Crippen LogP contribution in [0, 0.1) is 15.9 Å². The molecule has 2 aliphatic rings. The maximum Gasteiger partial charge on any atom is 0.410 e. The van der Waals surface area contributed by atoms with Crippen molar-refractivity contribution in [1.82, 2.24) is 4.90 Å². The average Bonchev–Trinajstić information content (AvgIpc) is 3.11. The van der Waals surface area contributed by atoms with Gasteiger partial charge in [0.2, 0.25) is 11.6 Å². The lowest BCUT2D eigenvalue weighted by Gasteiger charge is -2.20. The molecule has 0 spiro atoms. The lowest BCUT2D eigenvalue weighted by atomic mass is 10.0. The van der Waals surface area contributed by atoms with Gasteiger partial charge in [-0.2, -0.15) is 4.39 Å². The Balaban J connectivity index is 1.43. The maximum atomic E-state index is 14.3. The van der Waals surface area contributed by atoms with Crippen molar-refractivity contribution in [2.75, 3.05) is 19.9 Å². The highest BCUT2D eigenvalue weighted by atomic mass is 19.1. The summed E-state index contributed by atoms with van der Waals surface area (Å²) in [6.45, 7) is -0.185. The third-order valence-corrected chi connectivity index (χ3v) is 4.81. The Morgan fingerprint density at radius 1 is 1.32 bits per heavy atom. The molecule has 10 nitrogen and oxygen atoms in total. The highest BCUT2D eigenvalue weighted by Gasteiger charge is 2.35. The monoisotopic (exact) mass is 432 g/mol. The first-order chi connectivity index (χ1) is 14.9. The minimum Gasteiger partial charge on any atom is -0.460 e. The fraction of sp³-hybridized carbons (Fsp3) is 0.300. The number of halogens is 1. The molecule has 0 aromatic heterocycles. The summed E-state index contributed by atoms with van der Waals surface area (Å²) in [5.41, 5.74) is -0.164. The van der Waals surface area contributed by atoms with Gasteiger partial charge in [0.25, 0.3) is 0 Å². The van der Waals surface area contributed by atoms with Gasteiger partial charge in [0.15, 0.2) is 12.9 Å². The Hall–Kier alpha value is -3.73. The minimum absolute atomic E-state index is 0.0264. The second-order valence-corrected chi connectivity index (χ2v) is 6.90. The molecular formula is C20H17FN2O8. The van der Waals surface area contributed by atoms with Gasteiger partial charge in [-0.15, -0.1) is 0 Å². The average molecular weight is 432 g/mol. The zero-order valence-corrected chi connectivity index (χ0v) is 16.1. The van der Waals surface area contributed by atoms with Crippen molar-refractivity contribution in [3.63, 3.8) is 0 Å². The van der Waals surface area contributed by atoms with Crippen molar-refractivity contribution in [3.05, 3.63) is 69.0 Å². The fourth-order valence-electron chi connectivity index (χ4n) is 3.39. The van der Waals surface area contributed by atoms with Gasteiger partial charge in [0.1, 0.15) is 6.61 Å². The number of carbonyl (C=O) groups is 2. The molecule has 11 heteroatoms.